The summed E-state index contributed by atoms with van der Waals surface area (Å²) >= 11 is 0. The molecule has 0 fully saturated rings. The highest BCUT2D eigenvalue weighted by molar-refractivity contribution is 5.85. The van der Waals surface area contributed by atoms with Gasteiger partial charge in [0.1, 0.15) is 17.7 Å². The van der Waals surface area contributed by atoms with E-state index in [2.05, 4.69) is 0 Å². The Kier molecular flexibility index (Phi) is 4.46. The fourth-order valence-corrected chi connectivity index (χ4v) is 0.931. The summed E-state index contributed by atoms with van der Waals surface area (Å²) in [6.07, 6.45) is 0. The minimum Gasteiger partial charge on any atom is -0.480 e. The molecular formula is C8H8ClF2NO2. The number of hydrogen-bond donors (Lipinski definition) is 2. The monoisotopic (exact) mass is 223 g/mol. The lowest BCUT2D eigenvalue weighted by molar-refractivity contribution is -0.138. The molecule has 0 aromatic heterocycles. The van der Waals surface area contributed by atoms with Crippen LogP contribution in [0.5, 0.6) is 0 Å². The Balaban J connectivity index is 0.00000169. The highest BCUT2D eigenvalue weighted by Gasteiger charge is 2.21. The molecule has 1 aromatic carbocycles. The predicted octanol–water partition coefficient (Wildman–Crippen LogP) is 1.47. The van der Waals surface area contributed by atoms with Crippen molar-refractivity contribution < 1.29 is 18.7 Å². The number of nitrogens with two attached hydrogens (primary N) is 1. The molecule has 0 aliphatic heterocycles. The second kappa shape index (κ2) is 4.88. The number of rotatable bonds is 2. The number of carbonyl (C=O) groups is 1. The molecule has 0 aliphatic rings. The first kappa shape index (κ1) is 12.8. The molecule has 14 heavy (non-hydrogen) atoms. The second-order valence-electron chi connectivity index (χ2n) is 2.45. The average molecular weight is 224 g/mol. The summed E-state index contributed by atoms with van der Waals surface area (Å²) in [5.41, 5.74) is 4.44. The Morgan fingerprint density at radius 1 is 1.36 bits per heavy atom. The molecular weight excluding hydrogens is 216 g/mol. The molecule has 6 heteroatoms. The lowest BCUT2D eigenvalue weighted by Crippen LogP contribution is -2.23. The molecule has 78 valence electrons. The quantitative estimate of drug-likeness (QED) is 0.798. The third-order valence-electron chi connectivity index (χ3n) is 1.58. The Bertz CT molecular complexity index is 326. The van der Waals surface area contributed by atoms with Crippen LogP contribution in [0.3, 0.4) is 0 Å². The van der Waals surface area contributed by atoms with Crippen LogP contribution in [-0.4, -0.2) is 11.1 Å². The van der Waals surface area contributed by atoms with Crippen LogP contribution in [0.25, 0.3) is 0 Å². The van der Waals surface area contributed by atoms with E-state index in [1.165, 1.54) is 0 Å². The van der Waals surface area contributed by atoms with Gasteiger partial charge >= 0.3 is 5.97 Å². The molecule has 1 unspecified atom stereocenters. The van der Waals surface area contributed by atoms with Crippen molar-refractivity contribution in [3.63, 3.8) is 0 Å². The van der Waals surface area contributed by atoms with Crippen molar-refractivity contribution in [2.45, 2.75) is 6.04 Å². The summed E-state index contributed by atoms with van der Waals surface area (Å²) < 4.78 is 25.8. The Labute approximate surface area is 84.9 Å². The maximum absolute atomic E-state index is 12.9. The maximum atomic E-state index is 12.9. The van der Waals surface area contributed by atoms with Gasteiger partial charge in [0.25, 0.3) is 0 Å². The maximum Gasteiger partial charge on any atom is 0.325 e. The highest BCUT2D eigenvalue weighted by atomic mass is 35.5. The van der Waals surface area contributed by atoms with E-state index in [0.29, 0.717) is 0 Å². The molecule has 0 radical (unpaired) electrons. The number of carboxylic acid groups (broad SMARTS) is 1. The van der Waals surface area contributed by atoms with Gasteiger partial charge in [-0.1, -0.05) is 6.07 Å². The minimum absolute atomic E-state index is 0. The summed E-state index contributed by atoms with van der Waals surface area (Å²) in [6.45, 7) is 0. The summed E-state index contributed by atoms with van der Waals surface area (Å²) in [4.78, 5) is 10.3. The van der Waals surface area contributed by atoms with Gasteiger partial charge in [-0.15, -0.1) is 12.4 Å². The van der Waals surface area contributed by atoms with Gasteiger partial charge in [-0.25, -0.2) is 8.78 Å². The van der Waals surface area contributed by atoms with E-state index in [9.17, 15) is 13.6 Å². The van der Waals surface area contributed by atoms with Gasteiger partial charge in [0.2, 0.25) is 0 Å². The van der Waals surface area contributed by atoms with E-state index in [4.69, 9.17) is 10.8 Å². The van der Waals surface area contributed by atoms with Gasteiger partial charge in [0.15, 0.2) is 0 Å². The van der Waals surface area contributed by atoms with Crippen LogP contribution in [0, 0.1) is 11.6 Å². The number of aliphatic carboxylic acids is 1. The van der Waals surface area contributed by atoms with Crippen molar-refractivity contribution in [1.29, 1.82) is 0 Å². The van der Waals surface area contributed by atoms with Crippen LogP contribution in [0.2, 0.25) is 0 Å². The molecule has 0 spiro atoms. The Hall–Kier alpha value is -1.20. The van der Waals surface area contributed by atoms with E-state index in [-0.39, 0.29) is 12.4 Å². The lowest BCUT2D eigenvalue weighted by atomic mass is 10.1. The summed E-state index contributed by atoms with van der Waals surface area (Å²) in [7, 11) is 0. The number of hydrogen-bond acceptors (Lipinski definition) is 2. The normalized spacial score (nSPS) is 11.6. The summed E-state index contributed by atoms with van der Waals surface area (Å²) in [5.74, 6) is -3.37. The number of benzene rings is 1. The zero-order valence-corrected chi connectivity index (χ0v) is 7.72. The van der Waals surface area contributed by atoms with Crippen molar-refractivity contribution in [2.24, 2.45) is 5.73 Å². The fraction of sp³-hybridized carbons (Fsp3) is 0.125. The van der Waals surface area contributed by atoms with Crippen LogP contribution in [0.15, 0.2) is 18.2 Å². The molecule has 0 aliphatic carbocycles. The third kappa shape index (κ3) is 2.40. The molecule has 0 amide bonds. The zero-order chi connectivity index (χ0) is 10.0. The van der Waals surface area contributed by atoms with E-state index < -0.39 is 29.2 Å². The van der Waals surface area contributed by atoms with Crippen LogP contribution >= 0.6 is 12.4 Å². The SMILES string of the molecule is Cl.NC(C(=O)O)c1c(F)cccc1F. The highest BCUT2D eigenvalue weighted by Crippen LogP contribution is 2.18. The molecule has 1 atom stereocenters. The van der Waals surface area contributed by atoms with Gasteiger partial charge in [0, 0.05) is 0 Å². The Morgan fingerprint density at radius 3 is 2.14 bits per heavy atom. The molecule has 1 aromatic rings. The van der Waals surface area contributed by atoms with Gasteiger partial charge in [0.05, 0.1) is 5.56 Å². The molecule has 0 bridgehead atoms. The van der Waals surface area contributed by atoms with Crippen LogP contribution in [0.1, 0.15) is 11.6 Å². The van der Waals surface area contributed by atoms with Crippen molar-refractivity contribution in [3.05, 3.63) is 35.4 Å². The van der Waals surface area contributed by atoms with Gasteiger partial charge < -0.3 is 10.8 Å². The molecule has 0 saturated carbocycles. The topological polar surface area (TPSA) is 63.3 Å². The Morgan fingerprint density at radius 2 is 1.79 bits per heavy atom. The largest absolute Gasteiger partial charge is 0.480 e. The van der Waals surface area contributed by atoms with Crippen molar-refractivity contribution >= 4 is 18.4 Å². The summed E-state index contributed by atoms with van der Waals surface area (Å²) in [6, 6.07) is 1.40. The van der Waals surface area contributed by atoms with Crippen LogP contribution < -0.4 is 5.73 Å². The minimum atomic E-state index is -1.67. The molecule has 1 rings (SSSR count). The average Bonchev–Trinajstić information content (AvgIpc) is 2.03. The van der Waals surface area contributed by atoms with E-state index in [1.54, 1.807) is 0 Å². The second-order valence-corrected chi connectivity index (χ2v) is 2.45. The van der Waals surface area contributed by atoms with E-state index >= 15 is 0 Å². The van der Waals surface area contributed by atoms with Crippen LogP contribution in [0.4, 0.5) is 8.78 Å². The summed E-state index contributed by atoms with van der Waals surface area (Å²) in [5, 5.41) is 8.43. The van der Waals surface area contributed by atoms with Crippen molar-refractivity contribution in [3.8, 4) is 0 Å². The van der Waals surface area contributed by atoms with Crippen molar-refractivity contribution in [2.75, 3.05) is 0 Å². The predicted molar refractivity (Wildman–Crippen MR) is 48.2 cm³/mol. The van der Waals surface area contributed by atoms with Crippen molar-refractivity contribution in [1.82, 2.24) is 0 Å². The molecule has 0 saturated heterocycles. The molecule has 3 N–H and O–H groups in total. The van der Waals surface area contributed by atoms with Gasteiger partial charge in [-0.2, -0.15) is 0 Å². The standard InChI is InChI=1S/C8H7F2NO2.ClH/c9-4-2-1-3-5(10)6(4)7(11)8(12)13;/h1-3,7H,11H2,(H,12,13);1H. The third-order valence-corrected chi connectivity index (χ3v) is 1.58. The van der Waals surface area contributed by atoms with E-state index in [1.807, 2.05) is 0 Å². The molecule has 0 heterocycles. The first-order chi connectivity index (χ1) is 6.04. The first-order valence-corrected chi connectivity index (χ1v) is 3.46. The fourth-order valence-electron chi connectivity index (χ4n) is 0.931. The van der Waals surface area contributed by atoms with Gasteiger partial charge in [-0.3, -0.25) is 4.79 Å². The first-order valence-electron chi connectivity index (χ1n) is 3.46. The smallest absolute Gasteiger partial charge is 0.325 e. The van der Waals surface area contributed by atoms with E-state index in [0.717, 1.165) is 18.2 Å². The van der Waals surface area contributed by atoms with Gasteiger partial charge in [-0.05, 0) is 12.1 Å². The lowest BCUT2D eigenvalue weighted by Gasteiger charge is -2.08. The zero-order valence-electron chi connectivity index (χ0n) is 6.91. The molecule has 3 nitrogen and oxygen atoms in total. The van der Waals surface area contributed by atoms with Crippen LogP contribution in [-0.2, 0) is 4.79 Å². The number of halogens is 3. The number of carboxylic acids is 1.